The Morgan fingerprint density at radius 2 is 1.39 bits per heavy atom. The molecule has 0 aromatic heterocycles. The van der Waals surface area contributed by atoms with Crippen LogP contribution in [0.2, 0.25) is 0 Å². The number of carbonyl (C=O) groups is 2. The summed E-state index contributed by atoms with van der Waals surface area (Å²) >= 11 is 0. The molecule has 0 bridgehead atoms. The normalized spacial score (nSPS) is 11.8. The van der Waals surface area contributed by atoms with E-state index in [2.05, 4.69) is 5.32 Å². The molecule has 44 heavy (non-hydrogen) atoms. The van der Waals surface area contributed by atoms with Gasteiger partial charge in [0.1, 0.15) is 18.3 Å². The Balaban J connectivity index is 1.83. The van der Waals surface area contributed by atoms with Crippen molar-refractivity contribution in [2.45, 2.75) is 44.7 Å². The topological polar surface area (TPSA) is 96.0 Å². The van der Waals surface area contributed by atoms with E-state index in [-0.39, 0.29) is 29.5 Å². The lowest BCUT2D eigenvalue weighted by atomic mass is 10.0. The fraction of sp³-hybridized carbons (Fsp3) is 0.257. The van der Waals surface area contributed by atoms with Gasteiger partial charge in [-0.2, -0.15) is 0 Å². The Hall–Kier alpha value is -4.63. The van der Waals surface area contributed by atoms with Gasteiger partial charge in [0.25, 0.3) is 10.0 Å². The summed E-state index contributed by atoms with van der Waals surface area (Å²) in [6.45, 7) is 5.23. The van der Waals surface area contributed by atoms with Gasteiger partial charge < -0.3 is 15.0 Å². The molecule has 1 N–H and O–H groups in total. The molecule has 4 rings (SSSR count). The average molecular weight is 614 g/mol. The van der Waals surface area contributed by atoms with Crippen LogP contribution in [0.5, 0.6) is 5.75 Å². The highest BCUT2D eigenvalue weighted by molar-refractivity contribution is 7.92. The van der Waals surface area contributed by atoms with Gasteiger partial charge in [-0.15, -0.1) is 0 Å². The summed E-state index contributed by atoms with van der Waals surface area (Å²) in [4.78, 5) is 29.4. The van der Waals surface area contributed by atoms with Gasteiger partial charge in [0.2, 0.25) is 11.8 Å². The third kappa shape index (κ3) is 7.65. The molecule has 4 aromatic carbocycles. The molecule has 0 radical (unpaired) electrons. The lowest BCUT2D eigenvalue weighted by molar-refractivity contribution is -0.139. The molecule has 8 nitrogen and oxygen atoms in total. The van der Waals surface area contributed by atoms with Crippen LogP contribution in [0.1, 0.15) is 27.8 Å². The molecule has 1 atom stereocenters. The van der Waals surface area contributed by atoms with E-state index in [1.165, 1.54) is 31.2 Å². The number of methoxy groups -OCH3 is 1. The average Bonchev–Trinajstić information content (AvgIpc) is 3.02. The van der Waals surface area contributed by atoms with Crippen molar-refractivity contribution in [2.24, 2.45) is 0 Å². The maximum absolute atomic E-state index is 14.5. The van der Waals surface area contributed by atoms with Crippen LogP contribution in [0.4, 0.5) is 5.69 Å². The standard InChI is InChI=1S/C35H39N3O5S/c1-25-11-16-29(17-12-25)23-37(32(35(40)36-4)22-28-9-7-6-8-10-28)34(39)24-38(31-21-27(3)15-20-33(31)43-5)44(41,42)30-18-13-26(2)14-19-30/h6-21,32H,22-24H2,1-5H3,(H,36,40)/t32-/m0/s1. The fourth-order valence-corrected chi connectivity index (χ4v) is 6.37. The number of sulfonamides is 1. The molecule has 2 amide bonds. The molecule has 0 unspecified atom stereocenters. The van der Waals surface area contributed by atoms with Gasteiger partial charge in [-0.25, -0.2) is 8.42 Å². The first kappa shape index (κ1) is 32.3. The van der Waals surface area contributed by atoms with Crippen molar-refractivity contribution >= 4 is 27.5 Å². The number of anilines is 1. The number of hydrogen-bond acceptors (Lipinski definition) is 5. The van der Waals surface area contributed by atoms with E-state index in [0.29, 0.717) is 5.75 Å². The zero-order valence-electron chi connectivity index (χ0n) is 25.8. The summed E-state index contributed by atoms with van der Waals surface area (Å²) < 4.78 is 35.1. The molecule has 0 aliphatic rings. The number of nitrogens with zero attached hydrogens (tertiary/aromatic N) is 2. The van der Waals surface area contributed by atoms with Crippen molar-refractivity contribution in [3.63, 3.8) is 0 Å². The Labute approximate surface area is 260 Å². The molecule has 0 spiro atoms. The summed E-state index contributed by atoms with van der Waals surface area (Å²) in [6, 6.07) is 27.9. The molecule has 0 heterocycles. The number of likely N-dealkylation sites (N-methyl/N-ethyl adjacent to an activating group) is 1. The Morgan fingerprint density at radius 1 is 0.795 bits per heavy atom. The largest absolute Gasteiger partial charge is 0.495 e. The van der Waals surface area contributed by atoms with E-state index in [9.17, 15) is 18.0 Å². The van der Waals surface area contributed by atoms with Crippen LogP contribution >= 0.6 is 0 Å². The maximum Gasteiger partial charge on any atom is 0.264 e. The van der Waals surface area contributed by atoms with E-state index in [1.807, 2.05) is 81.4 Å². The lowest BCUT2D eigenvalue weighted by Gasteiger charge is -2.34. The summed E-state index contributed by atoms with van der Waals surface area (Å²) in [5.41, 5.74) is 4.66. The van der Waals surface area contributed by atoms with E-state index < -0.39 is 28.5 Å². The number of carbonyl (C=O) groups excluding carboxylic acids is 2. The van der Waals surface area contributed by atoms with E-state index in [4.69, 9.17) is 4.74 Å². The van der Waals surface area contributed by atoms with Crippen LogP contribution in [-0.2, 0) is 32.6 Å². The summed E-state index contributed by atoms with van der Waals surface area (Å²) in [5.74, 6) is -0.582. The predicted molar refractivity (Wildman–Crippen MR) is 173 cm³/mol. The lowest BCUT2D eigenvalue weighted by Crippen LogP contribution is -2.53. The first-order chi connectivity index (χ1) is 21.0. The number of rotatable bonds is 12. The zero-order chi connectivity index (χ0) is 31.9. The molecule has 230 valence electrons. The Bertz CT molecular complexity index is 1690. The molecule has 0 fully saturated rings. The molecule has 4 aromatic rings. The third-order valence-corrected chi connectivity index (χ3v) is 9.26. The molecule has 0 aliphatic heterocycles. The minimum Gasteiger partial charge on any atom is -0.495 e. The van der Waals surface area contributed by atoms with Crippen molar-refractivity contribution < 1.29 is 22.7 Å². The number of hydrogen-bond donors (Lipinski definition) is 1. The van der Waals surface area contributed by atoms with E-state index >= 15 is 0 Å². The second-order valence-electron chi connectivity index (χ2n) is 10.8. The Kier molecular flexibility index (Phi) is 10.4. The minimum atomic E-state index is -4.23. The molecular formula is C35H39N3O5S. The van der Waals surface area contributed by atoms with E-state index in [1.54, 1.807) is 24.3 Å². The molecule has 0 saturated heterocycles. The zero-order valence-corrected chi connectivity index (χ0v) is 26.6. The van der Waals surface area contributed by atoms with Crippen molar-refractivity contribution in [2.75, 3.05) is 25.0 Å². The van der Waals surface area contributed by atoms with Gasteiger partial charge in [0.15, 0.2) is 0 Å². The van der Waals surface area contributed by atoms with Crippen LogP contribution in [-0.4, -0.2) is 51.9 Å². The second-order valence-corrected chi connectivity index (χ2v) is 12.7. The van der Waals surface area contributed by atoms with E-state index in [0.717, 1.165) is 32.1 Å². The third-order valence-electron chi connectivity index (χ3n) is 7.48. The van der Waals surface area contributed by atoms with Gasteiger partial charge in [0, 0.05) is 20.0 Å². The highest BCUT2D eigenvalue weighted by Crippen LogP contribution is 2.34. The summed E-state index contributed by atoms with van der Waals surface area (Å²) in [7, 11) is -1.25. The fourth-order valence-electron chi connectivity index (χ4n) is 4.96. The highest BCUT2D eigenvalue weighted by atomic mass is 32.2. The summed E-state index contributed by atoms with van der Waals surface area (Å²) in [5, 5.41) is 2.70. The number of ether oxygens (including phenoxy) is 1. The summed E-state index contributed by atoms with van der Waals surface area (Å²) in [6.07, 6.45) is 0.247. The van der Waals surface area contributed by atoms with Crippen LogP contribution < -0.4 is 14.4 Å². The Morgan fingerprint density at radius 3 is 1.98 bits per heavy atom. The van der Waals surface area contributed by atoms with Gasteiger partial charge >= 0.3 is 0 Å². The first-order valence-electron chi connectivity index (χ1n) is 14.4. The van der Waals surface area contributed by atoms with Crippen LogP contribution in [0.25, 0.3) is 0 Å². The van der Waals surface area contributed by atoms with Crippen LogP contribution in [0.15, 0.2) is 102 Å². The number of aryl methyl sites for hydroxylation is 3. The number of benzene rings is 4. The maximum atomic E-state index is 14.5. The van der Waals surface area contributed by atoms with Gasteiger partial charge in [-0.05, 0) is 61.7 Å². The first-order valence-corrected chi connectivity index (χ1v) is 15.8. The number of amides is 2. The quantitative estimate of drug-likeness (QED) is 0.237. The van der Waals surface area contributed by atoms with Crippen molar-refractivity contribution in [1.29, 1.82) is 0 Å². The highest BCUT2D eigenvalue weighted by Gasteiger charge is 2.35. The molecule has 0 saturated carbocycles. The smallest absolute Gasteiger partial charge is 0.264 e. The molecular weight excluding hydrogens is 574 g/mol. The van der Waals surface area contributed by atoms with Gasteiger partial charge in [0.05, 0.1) is 17.7 Å². The second kappa shape index (κ2) is 14.2. The molecule has 0 aliphatic carbocycles. The monoisotopic (exact) mass is 613 g/mol. The van der Waals surface area contributed by atoms with Crippen molar-refractivity contribution in [3.8, 4) is 5.75 Å². The van der Waals surface area contributed by atoms with Gasteiger partial charge in [-0.3, -0.25) is 13.9 Å². The van der Waals surface area contributed by atoms with Crippen LogP contribution in [0.3, 0.4) is 0 Å². The SMILES string of the molecule is CNC(=O)[C@H](Cc1ccccc1)N(Cc1ccc(C)cc1)C(=O)CN(c1cc(C)ccc1OC)S(=O)(=O)c1ccc(C)cc1. The van der Waals surface area contributed by atoms with Crippen molar-refractivity contribution in [1.82, 2.24) is 10.2 Å². The van der Waals surface area contributed by atoms with Crippen LogP contribution in [0, 0.1) is 20.8 Å². The minimum absolute atomic E-state index is 0.0386. The predicted octanol–water partition coefficient (Wildman–Crippen LogP) is 5.20. The van der Waals surface area contributed by atoms with Gasteiger partial charge in [-0.1, -0.05) is 83.9 Å². The molecule has 9 heteroatoms. The van der Waals surface area contributed by atoms with Crippen molar-refractivity contribution in [3.05, 3.63) is 125 Å². The number of nitrogens with one attached hydrogen (secondary N) is 1.